The van der Waals surface area contributed by atoms with E-state index < -0.39 is 11.7 Å². The van der Waals surface area contributed by atoms with Crippen LogP contribution in [0.25, 0.3) is 0 Å². The van der Waals surface area contributed by atoms with Gasteiger partial charge in [-0.2, -0.15) is 13.2 Å². The number of nitrogens with zero attached hydrogens (tertiary/aromatic N) is 1. The molecule has 1 aromatic rings. The summed E-state index contributed by atoms with van der Waals surface area (Å²) in [6, 6.07) is 3.53. The van der Waals surface area contributed by atoms with Crippen LogP contribution in [0.1, 0.15) is 11.1 Å². The van der Waals surface area contributed by atoms with E-state index in [1.165, 1.54) is 12.1 Å². The second-order valence-electron chi connectivity index (χ2n) is 3.22. The number of rotatable bonds is 1. The van der Waals surface area contributed by atoms with Crippen molar-refractivity contribution in [2.75, 3.05) is 13.2 Å². The van der Waals surface area contributed by atoms with E-state index in [4.69, 9.17) is 16.3 Å². The van der Waals surface area contributed by atoms with Crippen molar-refractivity contribution in [1.82, 2.24) is 0 Å². The lowest BCUT2D eigenvalue weighted by molar-refractivity contribution is -0.137. The van der Waals surface area contributed by atoms with Crippen LogP contribution in [0.2, 0.25) is 5.02 Å². The molecule has 0 aromatic heterocycles. The third-order valence-electron chi connectivity index (χ3n) is 2.10. The summed E-state index contributed by atoms with van der Waals surface area (Å²) in [5, 5.41) is 0.0367. The van der Waals surface area contributed by atoms with Crippen molar-refractivity contribution in [1.29, 1.82) is 0 Å². The number of aliphatic imine (C=N–C) groups is 1. The quantitative estimate of drug-likeness (QED) is 0.749. The molecular formula is C10H7ClF3NO. The van der Waals surface area contributed by atoms with Crippen LogP contribution in [0.15, 0.2) is 23.2 Å². The molecule has 6 heteroatoms. The zero-order valence-corrected chi connectivity index (χ0v) is 8.77. The number of hydrogen-bond donors (Lipinski definition) is 0. The number of alkyl halides is 3. The first-order chi connectivity index (χ1) is 7.48. The molecule has 0 aliphatic carbocycles. The summed E-state index contributed by atoms with van der Waals surface area (Å²) in [6.07, 6.45) is -4.46. The van der Waals surface area contributed by atoms with Gasteiger partial charge in [0, 0.05) is 10.6 Å². The fraction of sp³-hybridized carbons (Fsp3) is 0.300. The molecule has 2 nitrogen and oxygen atoms in total. The number of benzene rings is 1. The Kier molecular flexibility index (Phi) is 2.80. The molecule has 0 amide bonds. The highest BCUT2D eigenvalue weighted by molar-refractivity contribution is 6.30. The summed E-state index contributed by atoms with van der Waals surface area (Å²) < 4.78 is 43.2. The Morgan fingerprint density at radius 2 is 2.06 bits per heavy atom. The second kappa shape index (κ2) is 3.97. The van der Waals surface area contributed by atoms with Crippen LogP contribution in [0.5, 0.6) is 0 Å². The maximum absolute atomic E-state index is 12.7. The molecule has 0 bridgehead atoms. The van der Waals surface area contributed by atoms with E-state index in [0.717, 1.165) is 6.07 Å². The summed E-state index contributed by atoms with van der Waals surface area (Å²) >= 11 is 5.55. The summed E-state index contributed by atoms with van der Waals surface area (Å²) in [4.78, 5) is 3.86. The molecule has 0 unspecified atom stereocenters. The minimum Gasteiger partial charge on any atom is -0.475 e. The third kappa shape index (κ3) is 2.14. The normalized spacial score (nSPS) is 15.9. The van der Waals surface area contributed by atoms with Gasteiger partial charge in [-0.15, -0.1) is 0 Å². The molecule has 1 heterocycles. The van der Waals surface area contributed by atoms with Gasteiger partial charge in [0.15, 0.2) is 0 Å². The first-order valence-corrected chi connectivity index (χ1v) is 4.90. The van der Waals surface area contributed by atoms with Crippen molar-refractivity contribution in [2.45, 2.75) is 6.18 Å². The molecule has 1 aliphatic heterocycles. The lowest BCUT2D eigenvalue weighted by Gasteiger charge is -2.12. The van der Waals surface area contributed by atoms with E-state index in [-0.39, 0.29) is 16.5 Å². The lowest BCUT2D eigenvalue weighted by Crippen LogP contribution is -2.13. The van der Waals surface area contributed by atoms with Crippen molar-refractivity contribution >= 4 is 17.5 Å². The fourth-order valence-electron chi connectivity index (χ4n) is 1.44. The van der Waals surface area contributed by atoms with E-state index >= 15 is 0 Å². The third-order valence-corrected chi connectivity index (χ3v) is 2.34. The average Bonchev–Trinajstić information content (AvgIpc) is 2.69. The molecule has 1 aliphatic rings. The number of hydrogen-bond acceptors (Lipinski definition) is 2. The minimum absolute atomic E-state index is 0.0315. The zero-order valence-electron chi connectivity index (χ0n) is 8.01. The van der Waals surface area contributed by atoms with Gasteiger partial charge in [0.25, 0.3) is 0 Å². The van der Waals surface area contributed by atoms with Crippen LogP contribution >= 0.6 is 11.6 Å². The first kappa shape index (κ1) is 11.3. The standard InChI is InChI=1S/C10H7ClF3NO/c11-6-1-2-7(9-15-3-4-16-9)8(5-6)10(12,13)14/h1-2,5H,3-4H2. The average molecular weight is 250 g/mol. The van der Waals surface area contributed by atoms with Gasteiger partial charge in [0.05, 0.1) is 12.1 Å². The van der Waals surface area contributed by atoms with Gasteiger partial charge in [0.2, 0.25) is 5.90 Å². The van der Waals surface area contributed by atoms with E-state index in [1.54, 1.807) is 0 Å². The Morgan fingerprint density at radius 1 is 1.31 bits per heavy atom. The van der Waals surface area contributed by atoms with Gasteiger partial charge in [-0.3, -0.25) is 0 Å². The van der Waals surface area contributed by atoms with Gasteiger partial charge < -0.3 is 4.74 Å². The summed E-state index contributed by atoms with van der Waals surface area (Å²) in [5.41, 5.74) is -0.880. The predicted octanol–water partition coefficient (Wildman–Crippen LogP) is 3.14. The molecule has 0 spiro atoms. The van der Waals surface area contributed by atoms with Gasteiger partial charge in [-0.1, -0.05) is 11.6 Å². The zero-order chi connectivity index (χ0) is 11.8. The van der Waals surface area contributed by atoms with Crippen molar-refractivity contribution in [2.24, 2.45) is 4.99 Å². The Balaban J connectivity index is 2.52. The maximum Gasteiger partial charge on any atom is 0.417 e. The number of ether oxygens (including phenoxy) is 1. The van der Waals surface area contributed by atoms with Crippen LogP contribution in [-0.2, 0) is 10.9 Å². The van der Waals surface area contributed by atoms with Crippen LogP contribution in [0, 0.1) is 0 Å². The second-order valence-corrected chi connectivity index (χ2v) is 3.66. The molecule has 0 atom stereocenters. The van der Waals surface area contributed by atoms with Crippen molar-refractivity contribution in [3.8, 4) is 0 Å². The molecule has 0 saturated heterocycles. The predicted molar refractivity (Wildman–Crippen MR) is 53.8 cm³/mol. The Morgan fingerprint density at radius 3 is 2.62 bits per heavy atom. The van der Waals surface area contributed by atoms with Gasteiger partial charge in [0.1, 0.15) is 6.61 Å². The SMILES string of the molecule is FC(F)(F)c1cc(Cl)ccc1C1=NCCO1. The molecule has 16 heavy (non-hydrogen) atoms. The highest BCUT2D eigenvalue weighted by atomic mass is 35.5. The highest BCUT2D eigenvalue weighted by Gasteiger charge is 2.35. The monoisotopic (exact) mass is 249 g/mol. The highest BCUT2D eigenvalue weighted by Crippen LogP contribution is 2.34. The van der Waals surface area contributed by atoms with Crippen molar-refractivity contribution in [3.63, 3.8) is 0 Å². The van der Waals surface area contributed by atoms with Crippen LogP contribution in [-0.4, -0.2) is 19.0 Å². The summed E-state index contributed by atoms with van der Waals surface area (Å²) in [7, 11) is 0. The topological polar surface area (TPSA) is 21.6 Å². The molecule has 0 N–H and O–H groups in total. The first-order valence-electron chi connectivity index (χ1n) is 4.53. The van der Waals surface area contributed by atoms with E-state index in [2.05, 4.69) is 4.99 Å². The van der Waals surface area contributed by atoms with Crippen LogP contribution in [0.3, 0.4) is 0 Å². The van der Waals surface area contributed by atoms with Crippen LogP contribution in [0.4, 0.5) is 13.2 Å². The summed E-state index contributed by atoms with van der Waals surface area (Å²) in [5.74, 6) is 0.0315. The van der Waals surface area contributed by atoms with Gasteiger partial charge in [-0.05, 0) is 18.2 Å². The molecule has 1 aromatic carbocycles. The Labute approximate surface area is 94.7 Å². The van der Waals surface area contributed by atoms with Crippen LogP contribution < -0.4 is 0 Å². The van der Waals surface area contributed by atoms with Gasteiger partial charge >= 0.3 is 6.18 Å². The minimum atomic E-state index is -4.46. The van der Waals surface area contributed by atoms with E-state index in [1.807, 2.05) is 0 Å². The molecule has 0 radical (unpaired) electrons. The molecule has 0 fully saturated rings. The van der Waals surface area contributed by atoms with E-state index in [9.17, 15) is 13.2 Å². The Bertz CT molecular complexity index is 442. The maximum atomic E-state index is 12.7. The molecular weight excluding hydrogens is 243 g/mol. The molecule has 0 saturated carbocycles. The van der Waals surface area contributed by atoms with E-state index in [0.29, 0.717) is 13.2 Å². The smallest absolute Gasteiger partial charge is 0.417 e. The lowest BCUT2D eigenvalue weighted by atomic mass is 10.1. The largest absolute Gasteiger partial charge is 0.475 e. The molecule has 86 valence electrons. The summed E-state index contributed by atoms with van der Waals surface area (Å²) in [6.45, 7) is 0.699. The van der Waals surface area contributed by atoms with Crippen molar-refractivity contribution in [3.05, 3.63) is 34.3 Å². The number of halogens is 4. The molecule has 2 rings (SSSR count). The van der Waals surface area contributed by atoms with Crippen molar-refractivity contribution < 1.29 is 17.9 Å². The van der Waals surface area contributed by atoms with Gasteiger partial charge in [-0.25, -0.2) is 4.99 Å². The fourth-order valence-corrected chi connectivity index (χ4v) is 1.61. The Hall–Kier alpha value is -1.23.